The molecule has 0 saturated carbocycles. The molecule has 3 atom stereocenters. The van der Waals surface area contributed by atoms with Crippen LogP contribution in [0, 0.1) is 5.92 Å². The zero-order chi connectivity index (χ0) is 15.5. The molecule has 118 valence electrons. The molecule has 6 nitrogen and oxygen atoms in total. The van der Waals surface area contributed by atoms with Gasteiger partial charge in [-0.15, -0.1) is 0 Å². The van der Waals surface area contributed by atoms with Crippen LogP contribution in [0.1, 0.15) is 12.0 Å². The minimum Gasteiger partial charge on any atom is -0.469 e. The number of hydrogen-bond acceptors (Lipinski definition) is 5. The molecule has 0 spiro atoms. The third kappa shape index (κ3) is 2.78. The van der Waals surface area contributed by atoms with Gasteiger partial charge in [-0.05, 0) is 18.5 Å². The number of nitrogens with one attached hydrogen (secondary N) is 1. The number of nitrogens with zero attached hydrogens (tertiary/aromatic N) is 1. The predicted octanol–water partition coefficient (Wildman–Crippen LogP) is 1.16. The smallest absolute Gasteiger partial charge is 0.410 e. The van der Waals surface area contributed by atoms with Gasteiger partial charge in [0.15, 0.2) is 0 Å². The fourth-order valence-corrected chi connectivity index (χ4v) is 3.32. The van der Waals surface area contributed by atoms with Gasteiger partial charge in [-0.3, -0.25) is 4.79 Å². The first-order chi connectivity index (χ1) is 10.7. The van der Waals surface area contributed by atoms with Gasteiger partial charge in [0.1, 0.15) is 6.61 Å². The van der Waals surface area contributed by atoms with Gasteiger partial charge in [0.25, 0.3) is 0 Å². The molecule has 2 heterocycles. The van der Waals surface area contributed by atoms with E-state index < -0.39 is 0 Å². The maximum absolute atomic E-state index is 12.3. The van der Waals surface area contributed by atoms with Crippen molar-refractivity contribution in [3.63, 3.8) is 0 Å². The lowest BCUT2D eigenvalue weighted by molar-refractivity contribution is -0.145. The van der Waals surface area contributed by atoms with Crippen molar-refractivity contribution >= 4 is 12.1 Å². The van der Waals surface area contributed by atoms with Crippen LogP contribution in [0.25, 0.3) is 0 Å². The van der Waals surface area contributed by atoms with Crippen LogP contribution in [-0.2, 0) is 20.9 Å². The fourth-order valence-electron chi connectivity index (χ4n) is 3.32. The minimum absolute atomic E-state index is 0.00683. The molecule has 2 fully saturated rings. The molecule has 0 aromatic heterocycles. The van der Waals surface area contributed by atoms with E-state index in [4.69, 9.17) is 9.47 Å². The van der Waals surface area contributed by atoms with Gasteiger partial charge in [-0.2, -0.15) is 0 Å². The molecule has 1 aromatic carbocycles. The molecule has 1 N–H and O–H groups in total. The Morgan fingerprint density at radius 1 is 1.32 bits per heavy atom. The van der Waals surface area contributed by atoms with Gasteiger partial charge in [0.2, 0.25) is 0 Å². The Hall–Kier alpha value is -2.08. The molecular formula is C16H20N2O4. The number of esters is 1. The quantitative estimate of drug-likeness (QED) is 0.849. The summed E-state index contributed by atoms with van der Waals surface area (Å²) in [5.74, 6) is -0.593. The lowest BCUT2D eigenvalue weighted by Crippen LogP contribution is -2.39. The van der Waals surface area contributed by atoms with Crippen LogP contribution in [0.3, 0.4) is 0 Å². The third-order valence-electron chi connectivity index (χ3n) is 4.41. The van der Waals surface area contributed by atoms with E-state index in [0.29, 0.717) is 6.54 Å². The van der Waals surface area contributed by atoms with Crippen LogP contribution in [0.4, 0.5) is 4.79 Å². The van der Waals surface area contributed by atoms with E-state index in [2.05, 4.69) is 5.32 Å². The van der Waals surface area contributed by atoms with Gasteiger partial charge in [-0.25, -0.2) is 4.79 Å². The second kappa shape index (κ2) is 6.36. The molecule has 0 unspecified atom stereocenters. The molecular weight excluding hydrogens is 284 g/mol. The van der Waals surface area contributed by atoms with Crippen LogP contribution in [-0.4, -0.2) is 49.2 Å². The van der Waals surface area contributed by atoms with Crippen LogP contribution >= 0.6 is 0 Å². The largest absolute Gasteiger partial charge is 0.469 e. The van der Waals surface area contributed by atoms with Crippen LogP contribution in [0.2, 0.25) is 0 Å². The van der Waals surface area contributed by atoms with Crippen LogP contribution < -0.4 is 5.32 Å². The molecule has 22 heavy (non-hydrogen) atoms. The van der Waals surface area contributed by atoms with Crippen molar-refractivity contribution in [2.75, 3.05) is 20.2 Å². The summed E-state index contributed by atoms with van der Waals surface area (Å²) in [4.78, 5) is 25.9. The molecule has 0 bridgehead atoms. The Morgan fingerprint density at radius 2 is 2.09 bits per heavy atom. The van der Waals surface area contributed by atoms with Crippen molar-refractivity contribution in [1.29, 1.82) is 0 Å². The normalized spacial score (nSPS) is 26.6. The first-order valence-electron chi connectivity index (χ1n) is 7.49. The third-order valence-corrected chi connectivity index (χ3v) is 4.41. The summed E-state index contributed by atoms with van der Waals surface area (Å²) in [5, 5.41) is 3.29. The van der Waals surface area contributed by atoms with Gasteiger partial charge >= 0.3 is 12.1 Å². The highest BCUT2D eigenvalue weighted by atomic mass is 16.6. The number of methoxy groups -OCH3 is 1. The van der Waals surface area contributed by atoms with E-state index in [1.54, 1.807) is 4.90 Å². The molecule has 1 aromatic rings. The number of carbonyl (C=O) groups is 2. The summed E-state index contributed by atoms with van der Waals surface area (Å²) in [5.41, 5.74) is 0.945. The highest BCUT2D eigenvalue weighted by molar-refractivity contribution is 5.77. The van der Waals surface area contributed by atoms with Crippen molar-refractivity contribution < 1.29 is 19.1 Å². The van der Waals surface area contributed by atoms with Crippen LogP contribution in [0.5, 0.6) is 0 Å². The zero-order valence-electron chi connectivity index (χ0n) is 12.5. The second-order valence-electron chi connectivity index (χ2n) is 5.66. The summed E-state index contributed by atoms with van der Waals surface area (Å²) in [6, 6.07) is 9.53. The van der Waals surface area contributed by atoms with Crippen molar-refractivity contribution in [3.8, 4) is 0 Å². The monoisotopic (exact) mass is 304 g/mol. The number of likely N-dealkylation sites (tertiary alicyclic amines) is 1. The molecule has 1 amide bonds. The predicted molar refractivity (Wildman–Crippen MR) is 79.0 cm³/mol. The first kappa shape index (κ1) is 14.8. The Kier molecular flexibility index (Phi) is 4.29. The summed E-state index contributed by atoms with van der Waals surface area (Å²) >= 11 is 0. The average molecular weight is 304 g/mol. The highest BCUT2D eigenvalue weighted by Gasteiger charge is 2.50. The average Bonchev–Trinajstić information content (AvgIpc) is 3.15. The SMILES string of the molecule is COC(=O)[C@H]1CN(C(=O)OCc2ccccc2)[C@@H]2CCN[C@H]12. The molecule has 2 saturated heterocycles. The Balaban J connectivity index is 1.63. The van der Waals surface area contributed by atoms with Crippen LogP contribution in [0.15, 0.2) is 30.3 Å². The number of carbonyl (C=O) groups excluding carboxylic acids is 2. The number of ether oxygens (including phenoxy) is 2. The fraction of sp³-hybridized carbons (Fsp3) is 0.500. The van der Waals surface area contributed by atoms with Gasteiger partial charge < -0.3 is 19.7 Å². The maximum atomic E-state index is 12.3. The minimum atomic E-state index is -0.367. The maximum Gasteiger partial charge on any atom is 0.410 e. The van der Waals surface area contributed by atoms with Gasteiger partial charge in [0.05, 0.1) is 19.1 Å². The molecule has 2 aliphatic heterocycles. The molecule has 0 radical (unpaired) electrons. The lowest BCUT2D eigenvalue weighted by Gasteiger charge is -2.22. The molecule has 6 heteroatoms. The Bertz CT molecular complexity index is 548. The number of rotatable bonds is 3. The Morgan fingerprint density at radius 3 is 2.82 bits per heavy atom. The van der Waals surface area contributed by atoms with Crippen molar-refractivity contribution in [2.24, 2.45) is 5.92 Å². The van der Waals surface area contributed by atoms with E-state index >= 15 is 0 Å². The number of amides is 1. The van der Waals surface area contributed by atoms with Crippen molar-refractivity contribution in [1.82, 2.24) is 10.2 Å². The Labute approximate surface area is 129 Å². The standard InChI is InChI=1S/C16H20N2O4/c1-21-15(19)12-9-18(13-7-8-17-14(12)13)16(20)22-10-11-5-3-2-4-6-11/h2-6,12-14,17H,7-10H2,1H3/t12-,13+,14+/m0/s1. The molecule has 0 aliphatic carbocycles. The van der Waals surface area contributed by atoms with Crippen molar-refractivity contribution in [2.45, 2.75) is 25.1 Å². The second-order valence-corrected chi connectivity index (χ2v) is 5.66. The summed E-state index contributed by atoms with van der Waals surface area (Å²) in [6.45, 7) is 1.39. The van der Waals surface area contributed by atoms with Gasteiger partial charge in [0, 0.05) is 12.6 Å². The van der Waals surface area contributed by atoms with Gasteiger partial charge in [-0.1, -0.05) is 30.3 Å². The van der Waals surface area contributed by atoms with E-state index in [-0.39, 0.29) is 36.7 Å². The zero-order valence-corrected chi connectivity index (χ0v) is 12.5. The van der Waals surface area contributed by atoms with E-state index in [0.717, 1.165) is 18.5 Å². The summed E-state index contributed by atoms with van der Waals surface area (Å²) in [6.07, 6.45) is 0.465. The summed E-state index contributed by atoms with van der Waals surface area (Å²) < 4.78 is 10.2. The first-order valence-corrected chi connectivity index (χ1v) is 7.49. The van der Waals surface area contributed by atoms with E-state index in [1.165, 1.54) is 7.11 Å². The number of fused-ring (bicyclic) bond motifs is 1. The lowest BCUT2D eigenvalue weighted by atomic mass is 10.0. The van der Waals surface area contributed by atoms with Crippen molar-refractivity contribution in [3.05, 3.63) is 35.9 Å². The van der Waals surface area contributed by atoms with E-state index in [9.17, 15) is 9.59 Å². The number of hydrogen-bond donors (Lipinski definition) is 1. The molecule has 2 aliphatic rings. The highest BCUT2D eigenvalue weighted by Crippen LogP contribution is 2.31. The topological polar surface area (TPSA) is 67.9 Å². The number of benzene rings is 1. The summed E-state index contributed by atoms with van der Waals surface area (Å²) in [7, 11) is 1.38. The molecule has 3 rings (SSSR count). The van der Waals surface area contributed by atoms with E-state index in [1.807, 2.05) is 30.3 Å².